The third kappa shape index (κ3) is 3.22. The van der Waals surface area contributed by atoms with E-state index < -0.39 is 0 Å². The number of aromatic nitrogens is 2. The molecule has 0 bridgehead atoms. The molecule has 1 aromatic heterocycles. The van der Waals surface area contributed by atoms with E-state index in [0.29, 0.717) is 29.0 Å². The molecule has 1 heterocycles. The summed E-state index contributed by atoms with van der Waals surface area (Å²) in [5.74, 6) is 8.60. The molecule has 0 unspecified atom stereocenters. The third-order valence-electron chi connectivity index (χ3n) is 3.05. The molecule has 0 aliphatic carbocycles. The average Bonchev–Trinajstić information content (AvgIpc) is 2.49. The smallest absolute Gasteiger partial charge is 0.227 e. The lowest BCUT2D eigenvalue weighted by molar-refractivity contribution is 0.372. The van der Waals surface area contributed by atoms with Gasteiger partial charge in [0, 0.05) is 5.92 Å². The second-order valence-corrected chi connectivity index (χ2v) is 4.91. The summed E-state index contributed by atoms with van der Waals surface area (Å²) in [6.07, 6.45) is 0. The number of benzene rings is 1. The normalized spacial score (nSPS) is 10.6. The van der Waals surface area contributed by atoms with Crippen molar-refractivity contribution in [2.75, 3.05) is 12.5 Å². The maximum absolute atomic E-state index is 5.89. The number of nitrogen functional groups attached to an aromatic ring is 1. The fraction of sp³-hybridized carbons (Fsp3) is 0.333. The largest absolute Gasteiger partial charge is 0.493 e. The van der Waals surface area contributed by atoms with Crippen LogP contribution in [0.1, 0.15) is 31.2 Å². The van der Waals surface area contributed by atoms with Gasteiger partial charge in [0.15, 0.2) is 17.3 Å². The lowest BCUT2D eigenvalue weighted by Crippen LogP contribution is -2.13. The van der Waals surface area contributed by atoms with Crippen LogP contribution in [0.4, 0.5) is 5.82 Å². The van der Waals surface area contributed by atoms with Crippen molar-refractivity contribution < 1.29 is 9.47 Å². The van der Waals surface area contributed by atoms with E-state index in [0.717, 1.165) is 5.56 Å². The van der Waals surface area contributed by atoms with Crippen molar-refractivity contribution in [1.29, 1.82) is 0 Å². The summed E-state index contributed by atoms with van der Waals surface area (Å²) in [7, 11) is 1.60. The first kappa shape index (κ1) is 15.1. The van der Waals surface area contributed by atoms with Crippen molar-refractivity contribution in [2.45, 2.75) is 26.7 Å². The lowest BCUT2D eigenvalue weighted by Gasteiger charge is -2.15. The molecule has 2 rings (SSSR count). The zero-order valence-electron chi connectivity index (χ0n) is 12.7. The van der Waals surface area contributed by atoms with Crippen LogP contribution in [0.25, 0.3) is 0 Å². The Kier molecular flexibility index (Phi) is 4.59. The number of para-hydroxylation sites is 2. The van der Waals surface area contributed by atoms with Gasteiger partial charge in [-0.2, -0.15) is 4.98 Å². The van der Waals surface area contributed by atoms with Gasteiger partial charge in [0.1, 0.15) is 5.82 Å². The van der Waals surface area contributed by atoms with Crippen molar-refractivity contribution in [1.82, 2.24) is 9.97 Å². The van der Waals surface area contributed by atoms with Gasteiger partial charge in [0.25, 0.3) is 0 Å². The molecule has 6 nitrogen and oxygen atoms in total. The van der Waals surface area contributed by atoms with Crippen molar-refractivity contribution >= 4 is 5.82 Å². The van der Waals surface area contributed by atoms with Crippen LogP contribution in [-0.4, -0.2) is 17.1 Å². The fourth-order valence-electron chi connectivity index (χ4n) is 1.82. The van der Waals surface area contributed by atoms with Crippen LogP contribution in [0.3, 0.4) is 0 Å². The van der Waals surface area contributed by atoms with Crippen molar-refractivity contribution in [3.8, 4) is 17.4 Å². The minimum absolute atomic E-state index is 0.165. The van der Waals surface area contributed by atoms with Crippen molar-refractivity contribution in [3.63, 3.8) is 0 Å². The maximum atomic E-state index is 5.89. The van der Waals surface area contributed by atoms with Crippen LogP contribution in [0.5, 0.6) is 17.4 Å². The van der Waals surface area contributed by atoms with Crippen LogP contribution >= 0.6 is 0 Å². The molecule has 2 aromatic rings. The molecule has 0 aliphatic rings. The molecule has 0 saturated heterocycles. The number of rotatable bonds is 5. The van der Waals surface area contributed by atoms with Crippen LogP contribution in [0.15, 0.2) is 24.3 Å². The molecular weight excluding hydrogens is 268 g/mol. The van der Waals surface area contributed by atoms with Gasteiger partial charge in [0.2, 0.25) is 5.88 Å². The number of ether oxygens (including phenoxy) is 2. The molecule has 21 heavy (non-hydrogen) atoms. The van der Waals surface area contributed by atoms with E-state index >= 15 is 0 Å². The Labute approximate surface area is 124 Å². The van der Waals surface area contributed by atoms with Gasteiger partial charge in [0.05, 0.1) is 12.7 Å². The summed E-state index contributed by atoms with van der Waals surface area (Å²) < 4.78 is 11.2. The summed E-state index contributed by atoms with van der Waals surface area (Å²) in [5.41, 5.74) is 3.33. The van der Waals surface area contributed by atoms with E-state index in [2.05, 4.69) is 15.4 Å². The topological polar surface area (TPSA) is 82.3 Å². The minimum Gasteiger partial charge on any atom is -0.493 e. The quantitative estimate of drug-likeness (QED) is 0.650. The van der Waals surface area contributed by atoms with Gasteiger partial charge < -0.3 is 14.9 Å². The molecule has 0 fully saturated rings. The molecule has 112 valence electrons. The Balaban J connectivity index is 2.45. The summed E-state index contributed by atoms with van der Waals surface area (Å²) in [5, 5.41) is 0. The van der Waals surface area contributed by atoms with Crippen molar-refractivity contribution in [2.24, 2.45) is 5.84 Å². The monoisotopic (exact) mass is 288 g/mol. The molecule has 0 amide bonds. The van der Waals surface area contributed by atoms with E-state index in [9.17, 15) is 0 Å². The van der Waals surface area contributed by atoms with E-state index in [4.69, 9.17) is 15.3 Å². The van der Waals surface area contributed by atoms with Gasteiger partial charge in [-0.25, -0.2) is 10.8 Å². The van der Waals surface area contributed by atoms with E-state index in [1.165, 1.54) is 0 Å². The summed E-state index contributed by atoms with van der Waals surface area (Å²) in [6.45, 7) is 5.87. The second kappa shape index (κ2) is 6.41. The Bertz CT molecular complexity index is 629. The molecule has 0 atom stereocenters. The number of methoxy groups -OCH3 is 1. The standard InChI is InChI=1S/C15H20N4O2/c1-9(2)13-17-14(19-16)10(3)15(18-13)21-12-8-6-5-7-11(12)20-4/h5-9H,16H2,1-4H3,(H,17,18,19). The number of hydrogen-bond donors (Lipinski definition) is 2. The number of nitrogens with zero attached hydrogens (tertiary/aromatic N) is 2. The van der Waals surface area contributed by atoms with Gasteiger partial charge >= 0.3 is 0 Å². The lowest BCUT2D eigenvalue weighted by atomic mass is 10.2. The third-order valence-corrected chi connectivity index (χ3v) is 3.05. The summed E-state index contributed by atoms with van der Waals surface area (Å²) in [6, 6.07) is 7.41. The first-order valence-corrected chi connectivity index (χ1v) is 6.72. The van der Waals surface area contributed by atoms with Gasteiger partial charge in [-0.05, 0) is 19.1 Å². The first-order chi connectivity index (χ1) is 10.1. The number of hydrogen-bond acceptors (Lipinski definition) is 6. The average molecular weight is 288 g/mol. The van der Waals surface area contributed by atoms with Crippen LogP contribution in [0.2, 0.25) is 0 Å². The van der Waals surface area contributed by atoms with E-state index in [-0.39, 0.29) is 5.92 Å². The second-order valence-electron chi connectivity index (χ2n) is 4.91. The number of hydrazine groups is 1. The molecule has 0 spiro atoms. The highest BCUT2D eigenvalue weighted by molar-refractivity contribution is 5.50. The highest BCUT2D eigenvalue weighted by Gasteiger charge is 2.15. The molecule has 6 heteroatoms. The van der Waals surface area contributed by atoms with Gasteiger partial charge in [-0.1, -0.05) is 26.0 Å². The Morgan fingerprint density at radius 3 is 2.38 bits per heavy atom. The molecule has 0 radical (unpaired) electrons. The van der Waals surface area contributed by atoms with Crippen LogP contribution in [-0.2, 0) is 0 Å². The molecule has 0 aliphatic heterocycles. The minimum atomic E-state index is 0.165. The number of nitrogens with one attached hydrogen (secondary N) is 1. The Morgan fingerprint density at radius 2 is 1.81 bits per heavy atom. The molecular formula is C15H20N4O2. The van der Waals surface area contributed by atoms with Crippen molar-refractivity contribution in [3.05, 3.63) is 35.7 Å². The summed E-state index contributed by atoms with van der Waals surface area (Å²) >= 11 is 0. The fourth-order valence-corrected chi connectivity index (χ4v) is 1.82. The molecule has 3 N–H and O–H groups in total. The molecule has 0 saturated carbocycles. The van der Waals surface area contributed by atoms with E-state index in [1.54, 1.807) is 7.11 Å². The predicted molar refractivity (Wildman–Crippen MR) is 81.7 cm³/mol. The van der Waals surface area contributed by atoms with Gasteiger partial charge in [-0.3, -0.25) is 0 Å². The van der Waals surface area contributed by atoms with E-state index in [1.807, 2.05) is 45.0 Å². The zero-order chi connectivity index (χ0) is 15.4. The highest BCUT2D eigenvalue weighted by Crippen LogP contribution is 2.33. The van der Waals surface area contributed by atoms with Gasteiger partial charge in [-0.15, -0.1) is 0 Å². The van der Waals surface area contributed by atoms with Crippen LogP contribution in [0, 0.1) is 6.92 Å². The van der Waals surface area contributed by atoms with Crippen LogP contribution < -0.4 is 20.7 Å². The molecule has 1 aromatic carbocycles. The SMILES string of the molecule is COc1ccccc1Oc1nc(C(C)C)nc(NN)c1C. The highest BCUT2D eigenvalue weighted by atomic mass is 16.5. The Hall–Kier alpha value is -2.34. The maximum Gasteiger partial charge on any atom is 0.227 e. The number of anilines is 1. The zero-order valence-corrected chi connectivity index (χ0v) is 12.7. The summed E-state index contributed by atoms with van der Waals surface area (Å²) in [4.78, 5) is 8.84. The number of nitrogens with two attached hydrogens (primary N) is 1. The predicted octanol–water partition coefficient (Wildman–Crippen LogP) is 2.99. The Morgan fingerprint density at radius 1 is 1.14 bits per heavy atom. The first-order valence-electron chi connectivity index (χ1n) is 6.72.